The van der Waals surface area contributed by atoms with E-state index < -0.39 is 18.0 Å². The van der Waals surface area contributed by atoms with Gasteiger partial charge in [0.05, 0.1) is 18.8 Å². The third-order valence-electron chi connectivity index (χ3n) is 4.36. The smallest absolute Gasteiger partial charge is 0.414 e. The lowest BCUT2D eigenvalue weighted by Gasteiger charge is -2.14. The summed E-state index contributed by atoms with van der Waals surface area (Å²) in [4.78, 5) is 35.3. The van der Waals surface area contributed by atoms with Gasteiger partial charge in [-0.1, -0.05) is 11.3 Å². The number of carbonyl (C=O) groups is 3. The van der Waals surface area contributed by atoms with Gasteiger partial charge in [-0.25, -0.2) is 9.18 Å². The van der Waals surface area contributed by atoms with Gasteiger partial charge in [-0.3, -0.25) is 14.5 Å². The average Bonchev–Trinajstić information content (AvgIpc) is 3.30. The number of rotatable bonds is 8. The topological polar surface area (TPSA) is 114 Å². The first-order valence-corrected chi connectivity index (χ1v) is 10.2. The summed E-state index contributed by atoms with van der Waals surface area (Å²) in [6.07, 6.45) is 0.265. The molecule has 0 aliphatic carbocycles. The number of ether oxygens (including phenoxy) is 1. The van der Waals surface area contributed by atoms with Gasteiger partial charge in [0.2, 0.25) is 11.8 Å². The van der Waals surface area contributed by atoms with Crippen LogP contribution in [0, 0.1) is 5.82 Å². The molecule has 2 heterocycles. The predicted molar refractivity (Wildman–Crippen MR) is 109 cm³/mol. The maximum atomic E-state index is 14.7. The molecule has 0 radical (unpaired) electrons. The summed E-state index contributed by atoms with van der Waals surface area (Å²) in [5.41, 5.74) is 0.665. The van der Waals surface area contributed by atoms with Crippen molar-refractivity contribution in [2.24, 2.45) is 0 Å². The molecule has 1 saturated heterocycles. The van der Waals surface area contributed by atoms with E-state index in [2.05, 4.69) is 20.8 Å². The van der Waals surface area contributed by atoms with Crippen LogP contribution in [0.2, 0.25) is 0 Å². The van der Waals surface area contributed by atoms with Gasteiger partial charge in [0.15, 0.2) is 5.01 Å². The molecule has 30 heavy (non-hydrogen) atoms. The van der Waals surface area contributed by atoms with E-state index in [0.29, 0.717) is 35.6 Å². The Morgan fingerprint density at radius 3 is 2.73 bits per heavy atom. The standard InChI is InChI=1S/C19H22FN5O4S/c1-11(26)21-7-3-4-17-23-24-18(30-17)15-6-5-13(8-16(15)20)25-10-14(29-19(25)28)9-22-12(2)27/h5-6,8,14H,3-4,7,9-10H2,1-2H3,(H,21,26)(H,22,27). The molecule has 0 spiro atoms. The summed E-state index contributed by atoms with van der Waals surface area (Å²) in [7, 11) is 0. The van der Waals surface area contributed by atoms with Crippen LogP contribution in [-0.2, 0) is 20.7 Å². The fraction of sp³-hybridized carbons (Fsp3) is 0.421. The molecule has 0 saturated carbocycles. The van der Waals surface area contributed by atoms with Gasteiger partial charge in [0.1, 0.15) is 16.9 Å². The third kappa shape index (κ3) is 5.50. The van der Waals surface area contributed by atoms with Crippen LogP contribution in [0.3, 0.4) is 0 Å². The maximum Gasteiger partial charge on any atom is 0.414 e. The van der Waals surface area contributed by atoms with Crippen LogP contribution < -0.4 is 15.5 Å². The quantitative estimate of drug-likeness (QED) is 0.612. The highest BCUT2D eigenvalue weighted by Gasteiger charge is 2.32. The Balaban J connectivity index is 1.64. The van der Waals surface area contributed by atoms with E-state index in [1.54, 1.807) is 12.1 Å². The number of nitrogens with zero attached hydrogens (tertiary/aromatic N) is 3. The number of amides is 3. The number of aromatic nitrogens is 2. The maximum absolute atomic E-state index is 14.7. The zero-order valence-corrected chi connectivity index (χ0v) is 17.4. The van der Waals surface area contributed by atoms with Gasteiger partial charge >= 0.3 is 6.09 Å². The molecule has 1 fully saturated rings. The van der Waals surface area contributed by atoms with E-state index in [1.165, 1.54) is 36.2 Å². The Kier molecular flexibility index (Phi) is 6.93. The van der Waals surface area contributed by atoms with E-state index in [1.807, 2.05) is 0 Å². The highest BCUT2D eigenvalue weighted by atomic mass is 32.1. The Morgan fingerprint density at radius 1 is 1.27 bits per heavy atom. The lowest BCUT2D eigenvalue weighted by molar-refractivity contribution is -0.120. The average molecular weight is 435 g/mol. The van der Waals surface area contributed by atoms with Crippen LogP contribution in [-0.4, -0.2) is 53.8 Å². The van der Waals surface area contributed by atoms with Crippen molar-refractivity contribution in [3.8, 4) is 10.6 Å². The number of benzene rings is 1. The number of hydrogen-bond donors (Lipinski definition) is 2. The summed E-state index contributed by atoms with van der Waals surface area (Å²) in [6.45, 7) is 3.80. The van der Waals surface area contributed by atoms with Crippen LogP contribution in [0.5, 0.6) is 0 Å². The lowest BCUT2D eigenvalue weighted by atomic mass is 10.2. The molecule has 3 rings (SSSR count). The normalized spacial score (nSPS) is 15.8. The minimum atomic E-state index is -0.588. The van der Waals surface area contributed by atoms with Gasteiger partial charge in [0, 0.05) is 32.4 Å². The highest BCUT2D eigenvalue weighted by Crippen LogP contribution is 2.31. The minimum Gasteiger partial charge on any atom is -0.442 e. The molecule has 9 nitrogen and oxygen atoms in total. The summed E-state index contributed by atoms with van der Waals surface area (Å²) in [6, 6.07) is 4.44. The molecule has 1 aliphatic rings. The molecule has 160 valence electrons. The number of cyclic esters (lactones) is 1. The van der Waals surface area contributed by atoms with Gasteiger partial charge in [-0.2, -0.15) is 0 Å². The van der Waals surface area contributed by atoms with Gasteiger partial charge in [-0.15, -0.1) is 10.2 Å². The number of anilines is 1. The summed E-state index contributed by atoms with van der Waals surface area (Å²) in [5, 5.41) is 14.6. The van der Waals surface area contributed by atoms with Crippen molar-refractivity contribution >= 4 is 34.9 Å². The molecule has 1 atom stereocenters. The first-order chi connectivity index (χ1) is 14.3. The van der Waals surface area contributed by atoms with E-state index in [9.17, 15) is 18.8 Å². The number of nitrogens with one attached hydrogen (secondary N) is 2. The first kappa shape index (κ1) is 21.6. The van der Waals surface area contributed by atoms with Crippen molar-refractivity contribution in [1.82, 2.24) is 20.8 Å². The minimum absolute atomic E-state index is 0.0848. The molecule has 3 amide bonds. The van der Waals surface area contributed by atoms with Crippen LogP contribution in [0.1, 0.15) is 25.3 Å². The largest absolute Gasteiger partial charge is 0.442 e. The molecule has 0 bridgehead atoms. The number of aryl methyl sites for hydroxylation is 1. The Morgan fingerprint density at radius 2 is 2.03 bits per heavy atom. The highest BCUT2D eigenvalue weighted by molar-refractivity contribution is 7.14. The van der Waals surface area contributed by atoms with E-state index >= 15 is 0 Å². The molecule has 2 aromatic rings. The lowest BCUT2D eigenvalue weighted by Crippen LogP contribution is -2.33. The van der Waals surface area contributed by atoms with Gasteiger partial charge in [0.25, 0.3) is 0 Å². The number of carbonyl (C=O) groups excluding carboxylic acids is 3. The van der Waals surface area contributed by atoms with Crippen LogP contribution in [0.25, 0.3) is 10.6 Å². The van der Waals surface area contributed by atoms with Crippen LogP contribution >= 0.6 is 11.3 Å². The fourth-order valence-electron chi connectivity index (χ4n) is 2.91. The molecule has 2 N–H and O–H groups in total. The predicted octanol–water partition coefficient (Wildman–Crippen LogP) is 1.87. The van der Waals surface area contributed by atoms with Crippen LogP contribution in [0.15, 0.2) is 18.2 Å². The SMILES string of the molecule is CC(=O)NCCCc1nnc(-c2ccc(N3CC(CNC(C)=O)OC3=O)cc2F)s1. The molecular formula is C19H22FN5O4S. The number of hydrogen-bond acceptors (Lipinski definition) is 7. The zero-order valence-electron chi connectivity index (χ0n) is 16.6. The second-order valence-electron chi connectivity index (χ2n) is 6.81. The second kappa shape index (κ2) is 9.61. The van der Waals surface area contributed by atoms with Crippen molar-refractivity contribution in [3.05, 3.63) is 29.0 Å². The van der Waals surface area contributed by atoms with Crippen molar-refractivity contribution < 1.29 is 23.5 Å². The molecule has 1 unspecified atom stereocenters. The van der Waals surface area contributed by atoms with Crippen LogP contribution in [0.4, 0.5) is 14.9 Å². The molecule has 11 heteroatoms. The second-order valence-corrected chi connectivity index (χ2v) is 7.87. The monoisotopic (exact) mass is 435 g/mol. The van der Waals surface area contributed by atoms with E-state index in [0.717, 1.165) is 5.01 Å². The van der Waals surface area contributed by atoms with Crippen molar-refractivity contribution in [1.29, 1.82) is 0 Å². The van der Waals surface area contributed by atoms with Crippen molar-refractivity contribution in [3.63, 3.8) is 0 Å². The van der Waals surface area contributed by atoms with Gasteiger partial charge < -0.3 is 15.4 Å². The zero-order chi connectivity index (χ0) is 21.7. The van der Waals surface area contributed by atoms with Crippen molar-refractivity contribution in [2.75, 3.05) is 24.5 Å². The molecule has 1 aromatic carbocycles. The Labute approximate surface area is 176 Å². The van der Waals surface area contributed by atoms with Gasteiger partial charge in [-0.05, 0) is 24.6 Å². The Bertz CT molecular complexity index is 951. The fourth-order valence-corrected chi connectivity index (χ4v) is 3.82. The summed E-state index contributed by atoms with van der Waals surface area (Å²) < 4.78 is 19.9. The summed E-state index contributed by atoms with van der Waals surface area (Å²) >= 11 is 1.29. The first-order valence-electron chi connectivity index (χ1n) is 9.43. The van der Waals surface area contributed by atoms with Crippen molar-refractivity contribution in [2.45, 2.75) is 32.8 Å². The van der Waals surface area contributed by atoms with E-state index in [-0.39, 0.29) is 24.9 Å². The van der Waals surface area contributed by atoms with E-state index in [4.69, 9.17) is 4.74 Å². The third-order valence-corrected chi connectivity index (χ3v) is 5.37. The number of halogens is 1. The molecular weight excluding hydrogens is 413 g/mol. The summed E-state index contributed by atoms with van der Waals surface area (Å²) in [5.74, 6) is -0.823. The Hall–Kier alpha value is -3.08. The molecule has 1 aromatic heterocycles. The molecule has 1 aliphatic heterocycles.